The van der Waals surface area contributed by atoms with E-state index in [0.29, 0.717) is 17.9 Å². The van der Waals surface area contributed by atoms with Crippen molar-refractivity contribution in [1.29, 1.82) is 0 Å². The molecule has 0 bridgehead atoms. The minimum Gasteiger partial charge on any atom is -0.464 e. The first-order valence-electron chi connectivity index (χ1n) is 8.66. The zero-order valence-corrected chi connectivity index (χ0v) is 15.6. The van der Waals surface area contributed by atoms with Crippen LogP contribution in [0.5, 0.6) is 0 Å². The maximum Gasteiger partial charge on any atom is 0.354 e. The second-order valence-corrected chi connectivity index (χ2v) is 6.31. The molecule has 0 amide bonds. The van der Waals surface area contributed by atoms with E-state index in [1.807, 2.05) is 6.07 Å². The van der Waals surface area contributed by atoms with Crippen LogP contribution in [0.4, 0.5) is 11.4 Å². The molecule has 6 heteroatoms. The Bertz CT molecular complexity index is 946. The third kappa shape index (κ3) is 3.64. The van der Waals surface area contributed by atoms with E-state index in [4.69, 9.17) is 4.74 Å². The number of benzene rings is 1. The molecule has 0 saturated carbocycles. The lowest BCUT2D eigenvalue weighted by Gasteiger charge is -2.14. The van der Waals surface area contributed by atoms with Crippen molar-refractivity contribution in [1.82, 2.24) is 9.97 Å². The number of hydrogen-bond acceptors (Lipinski definition) is 5. The van der Waals surface area contributed by atoms with E-state index in [1.54, 1.807) is 12.3 Å². The van der Waals surface area contributed by atoms with Crippen LogP contribution >= 0.6 is 0 Å². The van der Waals surface area contributed by atoms with E-state index in [9.17, 15) is 4.79 Å². The third-order valence-corrected chi connectivity index (χ3v) is 4.41. The summed E-state index contributed by atoms with van der Waals surface area (Å²) < 4.78 is 4.73. The molecule has 3 aromatic rings. The van der Waals surface area contributed by atoms with E-state index in [-0.39, 0.29) is 0 Å². The number of fused-ring (bicyclic) bond motifs is 1. The van der Waals surface area contributed by atoms with E-state index in [0.717, 1.165) is 17.6 Å². The van der Waals surface area contributed by atoms with Gasteiger partial charge in [0.1, 0.15) is 11.3 Å². The fourth-order valence-electron chi connectivity index (χ4n) is 2.98. The molecular formula is C20H24N4O2. The van der Waals surface area contributed by atoms with Gasteiger partial charge in [-0.05, 0) is 55.7 Å². The zero-order valence-electron chi connectivity index (χ0n) is 15.6. The van der Waals surface area contributed by atoms with Crippen LogP contribution in [-0.2, 0) is 11.3 Å². The standard InChI is InChI=1S/C20H24N4O2/c1-5-21-17-7-12(2)15(6-13(17)3)10-22-16-8-14-9-18(20(25)26-4)24-19(14)23-11-16/h6-9,11,21-22H,5,10H2,1-4H3,(H,23,24). The summed E-state index contributed by atoms with van der Waals surface area (Å²) >= 11 is 0. The Labute approximate surface area is 153 Å². The molecule has 2 heterocycles. The molecule has 26 heavy (non-hydrogen) atoms. The first-order valence-corrected chi connectivity index (χ1v) is 8.66. The molecule has 0 aliphatic rings. The largest absolute Gasteiger partial charge is 0.464 e. The molecule has 136 valence electrons. The van der Waals surface area contributed by atoms with Crippen LogP contribution in [0, 0.1) is 13.8 Å². The number of H-pyrrole nitrogens is 1. The van der Waals surface area contributed by atoms with Gasteiger partial charge in [0.05, 0.1) is 19.0 Å². The average Bonchev–Trinajstić information content (AvgIpc) is 3.06. The van der Waals surface area contributed by atoms with Gasteiger partial charge in [-0.2, -0.15) is 0 Å². The first-order chi connectivity index (χ1) is 12.5. The summed E-state index contributed by atoms with van der Waals surface area (Å²) in [7, 11) is 1.36. The minimum absolute atomic E-state index is 0.399. The Balaban J connectivity index is 1.77. The maximum atomic E-state index is 11.6. The maximum absolute atomic E-state index is 11.6. The number of hydrogen-bond donors (Lipinski definition) is 3. The molecule has 0 unspecified atom stereocenters. The van der Waals surface area contributed by atoms with Gasteiger partial charge in [0.25, 0.3) is 0 Å². The number of anilines is 2. The molecule has 0 aliphatic heterocycles. The summed E-state index contributed by atoms with van der Waals surface area (Å²) in [5, 5.41) is 7.66. The van der Waals surface area contributed by atoms with Crippen LogP contribution in [0.2, 0.25) is 0 Å². The summed E-state index contributed by atoms with van der Waals surface area (Å²) in [6.07, 6.45) is 1.76. The number of pyridine rings is 1. The molecule has 0 radical (unpaired) electrons. The highest BCUT2D eigenvalue weighted by atomic mass is 16.5. The fraction of sp³-hybridized carbons (Fsp3) is 0.300. The normalized spacial score (nSPS) is 10.8. The van der Waals surface area contributed by atoms with Crippen LogP contribution in [-0.4, -0.2) is 29.6 Å². The van der Waals surface area contributed by atoms with Crippen molar-refractivity contribution in [3.8, 4) is 0 Å². The number of aromatic amines is 1. The predicted molar refractivity (Wildman–Crippen MR) is 105 cm³/mol. The number of aryl methyl sites for hydroxylation is 2. The van der Waals surface area contributed by atoms with Gasteiger partial charge in [0, 0.05) is 24.2 Å². The van der Waals surface area contributed by atoms with E-state index in [1.165, 1.54) is 29.5 Å². The molecule has 3 rings (SSSR count). The van der Waals surface area contributed by atoms with Crippen LogP contribution in [0.25, 0.3) is 11.0 Å². The number of esters is 1. The molecule has 0 saturated heterocycles. The summed E-state index contributed by atoms with van der Waals surface area (Å²) in [6.45, 7) is 7.95. The van der Waals surface area contributed by atoms with Gasteiger partial charge in [-0.25, -0.2) is 9.78 Å². The van der Waals surface area contributed by atoms with Crippen molar-refractivity contribution in [3.63, 3.8) is 0 Å². The number of methoxy groups -OCH3 is 1. The van der Waals surface area contributed by atoms with Crippen molar-refractivity contribution < 1.29 is 9.53 Å². The zero-order chi connectivity index (χ0) is 18.7. The summed E-state index contributed by atoms with van der Waals surface area (Å²) in [6, 6.07) is 8.12. The number of nitrogens with zero attached hydrogens (tertiary/aromatic N) is 1. The number of carbonyl (C=O) groups excluding carboxylic acids is 1. The first kappa shape index (κ1) is 17.8. The summed E-state index contributed by atoms with van der Waals surface area (Å²) in [5.74, 6) is -0.399. The molecule has 0 fully saturated rings. The van der Waals surface area contributed by atoms with Gasteiger partial charge in [0.2, 0.25) is 0 Å². The molecule has 1 aromatic carbocycles. The van der Waals surface area contributed by atoms with Gasteiger partial charge in [-0.15, -0.1) is 0 Å². The molecule has 3 N–H and O–H groups in total. The Morgan fingerprint density at radius 1 is 1.15 bits per heavy atom. The Hall–Kier alpha value is -3.02. The van der Waals surface area contributed by atoms with Crippen LogP contribution < -0.4 is 10.6 Å². The Morgan fingerprint density at radius 3 is 2.69 bits per heavy atom. The van der Waals surface area contributed by atoms with Crippen molar-refractivity contribution in [2.75, 3.05) is 24.3 Å². The highest BCUT2D eigenvalue weighted by molar-refractivity contribution is 5.94. The number of aromatic nitrogens is 2. The lowest BCUT2D eigenvalue weighted by Crippen LogP contribution is -2.05. The van der Waals surface area contributed by atoms with Gasteiger partial charge < -0.3 is 20.4 Å². The van der Waals surface area contributed by atoms with Crippen molar-refractivity contribution in [2.45, 2.75) is 27.3 Å². The van der Waals surface area contributed by atoms with Crippen LogP contribution in [0.15, 0.2) is 30.5 Å². The highest BCUT2D eigenvalue weighted by Crippen LogP contribution is 2.23. The Morgan fingerprint density at radius 2 is 1.96 bits per heavy atom. The van der Waals surface area contributed by atoms with E-state index < -0.39 is 5.97 Å². The van der Waals surface area contributed by atoms with Gasteiger partial charge in [0.15, 0.2) is 0 Å². The molecular weight excluding hydrogens is 328 g/mol. The van der Waals surface area contributed by atoms with Crippen molar-refractivity contribution >= 4 is 28.4 Å². The monoisotopic (exact) mass is 352 g/mol. The number of carbonyl (C=O) groups is 1. The van der Waals surface area contributed by atoms with Crippen molar-refractivity contribution in [3.05, 3.63) is 52.8 Å². The molecule has 6 nitrogen and oxygen atoms in total. The van der Waals surface area contributed by atoms with Crippen LogP contribution in [0.3, 0.4) is 0 Å². The number of nitrogens with one attached hydrogen (secondary N) is 3. The number of rotatable bonds is 6. The average molecular weight is 352 g/mol. The molecule has 0 spiro atoms. The van der Waals surface area contributed by atoms with E-state index >= 15 is 0 Å². The second-order valence-electron chi connectivity index (χ2n) is 6.31. The molecule has 0 aliphatic carbocycles. The van der Waals surface area contributed by atoms with Crippen molar-refractivity contribution in [2.24, 2.45) is 0 Å². The van der Waals surface area contributed by atoms with Crippen LogP contribution in [0.1, 0.15) is 34.1 Å². The smallest absolute Gasteiger partial charge is 0.354 e. The van der Waals surface area contributed by atoms with Gasteiger partial charge in [-0.3, -0.25) is 0 Å². The van der Waals surface area contributed by atoms with Gasteiger partial charge in [-0.1, -0.05) is 6.07 Å². The second kappa shape index (κ2) is 7.47. The summed E-state index contributed by atoms with van der Waals surface area (Å²) in [4.78, 5) is 19.0. The van der Waals surface area contributed by atoms with Gasteiger partial charge >= 0.3 is 5.97 Å². The SMILES string of the molecule is CCNc1cc(C)c(CNc2cnc3[nH]c(C(=O)OC)cc3c2)cc1C. The fourth-order valence-corrected chi connectivity index (χ4v) is 2.98. The Kier molecular flexibility index (Phi) is 5.11. The number of ether oxygens (including phenoxy) is 1. The third-order valence-electron chi connectivity index (χ3n) is 4.41. The lowest BCUT2D eigenvalue weighted by atomic mass is 10.0. The molecule has 0 atom stereocenters. The quantitative estimate of drug-likeness (QED) is 0.584. The lowest BCUT2D eigenvalue weighted by molar-refractivity contribution is 0.0595. The minimum atomic E-state index is -0.399. The highest BCUT2D eigenvalue weighted by Gasteiger charge is 2.11. The van der Waals surface area contributed by atoms with E-state index in [2.05, 4.69) is 53.5 Å². The summed E-state index contributed by atoms with van der Waals surface area (Å²) in [5.41, 5.74) is 6.86. The predicted octanol–water partition coefficient (Wildman–Crippen LogP) is 4.01. The topological polar surface area (TPSA) is 79.0 Å². The molecule has 2 aromatic heterocycles.